The Kier molecular flexibility index (Phi) is 4.97. The summed E-state index contributed by atoms with van der Waals surface area (Å²) in [5.74, 6) is -1.88. The third kappa shape index (κ3) is 3.81. The van der Waals surface area contributed by atoms with Gasteiger partial charge in [0.2, 0.25) is 0 Å². The first-order chi connectivity index (χ1) is 13.8. The molecule has 0 spiro atoms. The van der Waals surface area contributed by atoms with Crippen molar-refractivity contribution in [2.24, 2.45) is 0 Å². The predicted molar refractivity (Wildman–Crippen MR) is 110 cm³/mol. The minimum Gasteiger partial charge on any atom is -0.451 e. The van der Waals surface area contributed by atoms with Gasteiger partial charge < -0.3 is 4.42 Å². The second kappa shape index (κ2) is 7.46. The van der Waals surface area contributed by atoms with Crippen LogP contribution in [-0.4, -0.2) is 14.3 Å². The van der Waals surface area contributed by atoms with Gasteiger partial charge in [0.1, 0.15) is 11.4 Å². The molecule has 146 valence electrons. The summed E-state index contributed by atoms with van der Waals surface area (Å²) < 4.78 is 47.6. The average Bonchev–Trinajstić information content (AvgIpc) is 3.13. The molecule has 1 amide bonds. The van der Waals surface area contributed by atoms with Gasteiger partial charge in [-0.15, -0.1) is 0 Å². The lowest BCUT2D eigenvalue weighted by atomic mass is 10.1. The summed E-state index contributed by atoms with van der Waals surface area (Å²) in [5.41, 5.74) is 1.27. The smallest absolute Gasteiger partial charge is 0.300 e. The fourth-order valence-corrected chi connectivity index (χ4v) is 4.56. The monoisotopic (exact) mass is 473 g/mol. The van der Waals surface area contributed by atoms with Crippen molar-refractivity contribution in [1.82, 2.24) is 4.72 Å². The van der Waals surface area contributed by atoms with Crippen LogP contribution in [0.25, 0.3) is 22.1 Å². The number of rotatable bonds is 4. The Balaban J connectivity index is 1.70. The Hall–Kier alpha value is -2.97. The lowest BCUT2D eigenvalue weighted by molar-refractivity contribution is 0.0956. The summed E-state index contributed by atoms with van der Waals surface area (Å²) in [6, 6.07) is 19.2. The summed E-state index contributed by atoms with van der Waals surface area (Å²) >= 11 is 3.14. The van der Waals surface area contributed by atoms with E-state index >= 15 is 0 Å². The zero-order valence-corrected chi connectivity index (χ0v) is 17.1. The van der Waals surface area contributed by atoms with Gasteiger partial charge in [-0.25, -0.2) is 17.5 Å². The highest BCUT2D eigenvalue weighted by Crippen LogP contribution is 2.29. The molecule has 0 unspecified atom stereocenters. The molecule has 0 aliphatic carbocycles. The first-order valence-corrected chi connectivity index (χ1v) is 10.7. The van der Waals surface area contributed by atoms with Crippen LogP contribution in [0.1, 0.15) is 10.6 Å². The topological polar surface area (TPSA) is 76.4 Å². The second-order valence-electron chi connectivity index (χ2n) is 6.21. The molecular formula is C21H13BrFNO4S. The molecule has 5 nitrogen and oxygen atoms in total. The van der Waals surface area contributed by atoms with Gasteiger partial charge in [0.05, 0.1) is 10.3 Å². The molecule has 3 aromatic carbocycles. The van der Waals surface area contributed by atoms with E-state index in [4.69, 9.17) is 4.42 Å². The minimum atomic E-state index is -4.20. The number of fused-ring (bicyclic) bond motifs is 1. The fraction of sp³-hybridized carbons (Fsp3) is 0. The van der Waals surface area contributed by atoms with Crippen molar-refractivity contribution < 1.29 is 22.0 Å². The Morgan fingerprint density at radius 3 is 2.41 bits per heavy atom. The summed E-state index contributed by atoms with van der Waals surface area (Å²) in [6.45, 7) is 0. The summed E-state index contributed by atoms with van der Waals surface area (Å²) in [4.78, 5) is 12.5. The minimum absolute atomic E-state index is 0.0513. The normalized spacial score (nSPS) is 11.5. The third-order valence-corrected chi connectivity index (χ3v) is 6.11. The number of nitrogens with one attached hydrogen (secondary N) is 1. The molecule has 1 N–H and O–H groups in total. The van der Waals surface area contributed by atoms with Crippen LogP contribution in [0.15, 0.2) is 86.6 Å². The van der Waals surface area contributed by atoms with Gasteiger partial charge in [-0.1, -0.05) is 64.5 Å². The molecule has 1 heterocycles. The van der Waals surface area contributed by atoms with E-state index in [1.54, 1.807) is 42.5 Å². The maximum atomic E-state index is 14.0. The molecule has 0 saturated heterocycles. The molecule has 0 aliphatic heterocycles. The van der Waals surface area contributed by atoms with Crippen molar-refractivity contribution >= 4 is 42.8 Å². The zero-order chi connectivity index (χ0) is 20.6. The van der Waals surface area contributed by atoms with Crippen molar-refractivity contribution in [3.63, 3.8) is 0 Å². The Morgan fingerprint density at radius 2 is 1.66 bits per heavy atom. The molecule has 1 aromatic heterocycles. The van der Waals surface area contributed by atoms with Gasteiger partial charge in [0, 0.05) is 16.1 Å². The number of furan rings is 1. The summed E-state index contributed by atoms with van der Waals surface area (Å²) in [7, 11) is -4.20. The molecular weight excluding hydrogens is 461 g/mol. The van der Waals surface area contributed by atoms with E-state index in [1.807, 2.05) is 10.8 Å². The first-order valence-electron chi connectivity index (χ1n) is 8.45. The van der Waals surface area contributed by atoms with Gasteiger partial charge in [0.25, 0.3) is 10.0 Å². The number of amides is 1. The lowest BCUT2D eigenvalue weighted by Crippen LogP contribution is -2.30. The van der Waals surface area contributed by atoms with Crippen molar-refractivity contribution in [1.29, 1.82) is 0 Å². The standard InChI is InChI=1S/C21H13BrFNO4S/c22-14-10-17(23)16-12-19(28-18(16)11-14)21(25)24-29(26,27)20-9-5-4-8-15(20)13-6-2-1-3-7-13/h1-12H,(H,24,25). The molecule has 4 rings (SSSR count). The number of carbonyl (C=O) groups excluding carboxylic acids is 1. The Morgan fingerprint density at radius 1 is 0.966 bits per heavy atom. The van der Waals surface area contributed by atoms with E-state index in [1.165, 1.54) is 24.3 Å². The molecule has 0 atom stereocenters. The van der Waals surface area contributed by atoms with Crippen molar-refractivity contribution in [2.75, 3.05) is 0 Å². The van der Waals surface area contributed by atoms with Crippen molar-refractivity contribution in [2.45, 2.75) is 4.90 Å². The Bertz CT molecular complexity index is 1330. The zero-order valence-electron chi connectivity index (χ0n) is 14.7. The molecule has 4 aromatic rings. The Labute approximate surface area is 174 Å². The van der Waals surface area contributed by atoms with Crippen LogP contribution >= 0.6 is 15.9 Å². The summed E-state index contributed by atoms with van der Waals surface area (Å²) in [5, 5.41) is 0.0837. The molecule has 0 bridgehead atoms. The second-order valence-corrected chi connectivity index (χ2v) is 8.77. The highest BCUT2D eigenvalue weighted by Gasteiger charge is 2.24. The number of halogens is 2. The predicted octanol–water partition coefficient (Wildman–Crippen LogP) is 5.12. The maximum absolute atomic E-state index is 14.0. The lowest BCUT2D eigenvalue weighted by Gasteiger charge is -2.11. The maximum Gasteiger partial charge on any atom is 0.300 e. The number of sulfonamides is 1. The van der Waals surface area contributed by atoms with Crippen LogP contribution < -0.4 is 4.72 Å². The average molecular weight is 474 g/mol. The first kappa shape index (κ1) is 19.4. The highest BCUT2D eigenvalue weighted by atomic mass is 79.9. The third-order valence-electron chi connectivity index (χ3n) is 4.26. The highest BCUT2D eigenvalue weighted by molar-refractivity contribution is 9.10. The van der Waals surface area contributed by atoms with Gasteiger partial charge in [-0.3, -0.25) is 4.79 Å². The number of benzene rings is 3. The number of hydrogen-bond donors (Lipinski definition) is 1. The van der Waals surface area contributed by atoms with E-state index in [-0.39, 0.29) is 21.6 Å². The van der Waals surface area contributed by atoms with Crippen molar-refractivity contribution in [3.05, 3.63) is 88.8 Å². The molecule has 0 aliphatic rings. The van der Waals surface area contributed by atoms with Gasteiger partial charge in [-0.2, -0.15) is 0 Å². The molecule has 0 radical (unpaired) electrons. The van der Waals surface area contributed by atoms with E-state index in [0.29, 0.717) is 15.6 Å². The van der Waals surface area contributed by atoms with E-state index in [0.717, 1.165) is 0 Å². The van der Waals surface area contributed by atoms with Crippen LogP contribution in [0.4, 0.5) is 4.39 Å². The van der Waals surface area contributed by atoms with Crippen LogP contribution in [0, 0.1) is 5.82 Å². The molecule has 29 heavy (non-hydrogen) atoms. The quantitative estimate of drug-likeness (QED) is 0.446. The van der Waals surface area contributed by atoms with Gasteiger partial charge >= 0.3 is 5.91 Å². The summed E-state index contributed by atoms with van der Waals surface area (Å²) in [6.07, 6.45) is 0. The van der Waals surface area contributed by atoms with Gasteiger partial charge in [0.15, 0.2) is 5.76 Å². The van der Waals surface area contributed by atoms with Crippen LogP contribution in [-0.2, 0) is 10.0 Å². The van der Waals surface area contributed by atoms with E-state index in [9.17, 15) is 17.6 Å². The number of hydrogen-bond acceptors (Lipinski definition) is 4. The SMILES string of the molecule is O=C(NS(=O)(=O)c1ccccc1-c1ccccc1)c1cc2c(F)cc(Br)cc2o1. The number of carbonyl (C=O) groups is 1. The van der Waals surface area contributed by atoms with E-state index < -0.39 is 21.7 Å². The van der Waals surface area contributed by atoms with E-state index in [2.05, 4.69) is 15.9 Å². The van der Waals surface area contributed by atoms with Crippen molar-refractivity contribution in [3.8, 4) is 11.1 Å². The van der Waals surface area contributed by atoms with Crippen LogP contribution in [0.3, 0.4) is 0 Å². The van der Waals surface area contributed by atoms with Gasteiger partial charge in [-0.05, 0) is 23.8 Å². The fourth-order valence-electron chi connectivity index (χ4n) is 2.96. The van der Waals surface area contributed by atoms with Crippen LogP contribution in [0.5, 0.6) is 0 Å². The molecule has 8 heteroatoms. The van der Waals surface area contributed by atoms with Crippen LogP contribution in [0.2, 0.25) is 0 Å². The molecule has 0 fully saturated rings. The largest absolute Gasteiger partial charge is 0.451 e. The molecule has 0 saturated carbocycles.